The minimum Gasteiger partial charge on any atom is -0.481 e. The third-order valence-electron chi connectivity index (χ3n) is 10.6. The molecule has 9 unspecified atom stereocenters. The van der Waals surface area contributed by atoms with Gasteiger partial charge in [0, 0.05) is 43.6 Å². The quantitative estimate of drug-likeness (QED) is 0.0492. The number of nitrogens with one attached hydrogen (secondary N) is 6. The Balaban J connectivity index is 1.75. The largest absolute Gasteiger partial charge is 0.481 e. The first-order chi connectivity index (χ1) is 28.8. The zero-order chi connectivity index (χ0) is 45.6. The van der Waals surface area contributed by atoms with Crippen molar-refractivity contribution in [2.24, 2.45) is 11.7 Å². The normalized spacial score (nSPS) is 19.6. The van der Waals surface area contributed by atoms with Crippen molar-refractivity contribution in [3.8, 4) is 0 Å². The number of hydrogen-bond acceptors (Lipinski definition) is 13. The van der Waals surface area contributed by atoms with Gasteiger partial charge in [-0.05, 0) is 44.9 Å². The van der Waals surface area contributed by atoms with E-state index in [0.717, 1.165) is 0 Å². The summed E-state index contributed by atoms with van der Waals surface area (Å²) in [6, 6.07) is -10.3. The highest BCUT2D eigenvalue weighted by Gasteiger charge is 2.44. The van der Waals surface area contributed by atoms with Crippen LogP contribution in [0.2, 0.25) is 0 Å². The number of carboxylic acid groups (broad SMARTS) is 3. The molecule has 338 valence electrons. The summed E-state index contributed by atoms with van der Waals surface area (Å²) in [5.74, 6) is -10.2. The van der Waals surface area contributed by atoms with Gasteiger partial charge in [0.05, 0.1) is 18.8 Å². The summed E-state index contributed by atoms with van der Waals surface area (Å²) >= 11 is 4.29. The summed E-state index contributed by atoms with van der Waals surface area (Å²) in [7, 11) is 0. The zero-order valence-corrected chi connectivity index (χ0v) is 35.0. The van der Waals surface area contributed by atoms with Crippen LogP contribution < -0.4 is 32.3 Å². The van der Waals surface area contributed by atoms with Gasteiger partial charge < -0.3 is 62.4 Å². The van der Waals surface area contributed by atoms with E-state index in [1.54, 1.807) is 13.8 Å². The van der Waals surface area contributed by atoms with E-state index in [9.17, 15) is 53.1 Å². The molecule has 11 N–H and O–H groups in total. The van der Waals surface area contributed by atoms with Crippen LogP contribution in [0.4, 0.5) is 0 Å². The molecule has 61 heavy (non-hydrogen) atoms. The fraction of sp³-hybridized carbons (Fsp3) is 0.649. The van der Waals surface area contributed by atoms with E-state index in [2.05, 4.69) is 49.2 Å². The Kier molecular flexibility index (Phi) is 18.9. The van der Waals surface area contributed by atoms with Crippen LogP contribution in [-0.2, 0) is 54.4 Å². The molecule has 0 aliphatic carbocycles. The monoisotopic (exact) mass is 880 g/mol. The van der Waals surface area contributed by atoms with Crippen LogP contribution in [-0.4, -0.2) is 162 Å². The topological polar surface area (TPSA) is 353 Å². The van der Waals surface area contributed by atoms with E-state index in [1.807, 2.05) is 0 Å². The van der Waals surface area contributed by atoms with Gasteiger partial charge >= 0.3 is 17.9 Å². The molecule has 7 amide bonds. The minimum atomic E-state index is -1.56. The molecule has 1 aromatic rings. The first kappa shape index (κ1) is 49.6. The molecule has 2 fully saturated rings. The van der Waals surface area contributed by atoms with Gasteiger partial charge in [0.15, 0.2) is 0 Å². The average Bonchev–Trinajstić information content (AvgIpc) is 4.02. The molecule has 3 heterocycles. The number of nitrogens with two attached hydrogens (primary N) is 1. The van der Waals surface area contributed by atoms with Crippen LogP contribution in [0.3, 0.4) is 0 Å². The van der Waals surface area contributed by atoms with Crippen molar-refractivity contribution in [2.45, 2.75) is 127 Å². The second kappa shape index (κ2) is 23.3. The number of likely N-dealkylation sites (tertiary alicyclic amines) is 2. The number of carbonyl (C=O) groups excluding carboxylic acids is 7. The second-order valence-electron chi connectivity index (χ2n) is 15.1. The smallest absolute Gasteiger partial charge is 0.326 e. The lowest BCUT2D eigenvalue weighted by atomic mass is 9.97. The Bertz CT molecular complexity index is 1780. The highest BCUT2D eigenvalue weighted by molar-refractivity contribution is 7.80. The molecule has 0 saturated carbocycles. The maximum atomic E-state index is 14.0. The number of imidazole rings is 1. The van der Waals surface area contributed by atoms with Gasteiger partial charge in [-0.2, -0.15) is 12.6 Å². The summed E-state index contributed by atoms with van der Waals surface area (Å²) < 4.78 is 0. The summed E-state index contributed by atoms with van der Waals surface area (Å²) in [4.78, 5) is 138. The molecule has 23 nitrogen and oxygen atoms in total. The molecular weight excluding hydrogens is 825 g/mol. The first-order valence-corrected chi connectivity index (χ1v) is 20.6. The molecule has 9 atom stereocenters. The van der Waals surface area contributed by atoms with Crippen LogP contribution in [0.25, 0.3) is 0 Å². The molecule has 0 aromatic carbocycles. The molecule has 2 aliphatic heterocycles. The van der Waals surface area contributed by atoms with E-state index in [0.29, 0.717) is 37.8 Å². The number of H-pyrrole nitrogens is 1. The van der Waals surface area contributed by atoms with Crippen LogP contribution in [0.15, 0.2) is 12.5 Å². The van der Waals surface area contributed by atoms with Gasteiger partial charge in [-0.15, -0.1) is 0 Å². The van der Waals surface area contributed by atoms with E-state index in [-0.39, 0.29) is 25.3 Å². The van der Waals surface area contributed by atoms with Crippen molar-refractivity contribution in [2.75, 3.05) is 18.8 Å². The summed E-state index contributed by atoms with van der Waals surface area (Å²) in [5.41, 5.74) is 6.01. The van der Waals surface area contributed by atoms with Crippen molar-refractivity contribution in [1.29, 1.82) is 0 Å². The van der Waals surface area contributed by atoms with Crippen molar-refractivity contribution in [3.63, 3.8) is 0 Å². The van der Waals surface area contributed by atoms with Gasteiger partial charge in [-0.25, -0.2) is 9.78 Å². The number of aromatic nitrogens is 2. The number of amides is 7. The lowest BCUT2D eigenvalue weighted by Crippen LogP contribution is -2.61. The van der Waals surface area contributed by atoms with Crippen molar-refractivity contribution in [1.82, 2.24) is 46.4 Å². The Hall–Kier alpha value is -5.78. The van der Waals surface area contributed by atoms with E-state index in [1.165, 1.54) is 29.2 Å². The van der Waals surface area contributed by atoms with Crippen LogP contribution in [0, 0.1) is 5.92 Å². The van der Waals surface area contributed by atoms with Gasteiger partial charge in [0.1, 0.15) is 42.3 Å². The maximum absolute atomic E-state index is 14.0. The number of nitrogens with zero attached hydrogens (tertiary/aromatic N) is 3. The van der Waals surface area contributed by atoms with Gasteiger partial charge in [-0.1, -0.05) is 20.3 Å². The number of carbonyl (C=O) groups is 10. The van der Waals surface area contributed by atoms with Gasteiger partial charge in [0.2, 0.25) is 41.4 Å². The molecule has 1 aromatic heterocycles. The van der Waals surface area contributed by atoms with Crippen LogP contribution in [0.5, 0.6) is 0 Å². The van der Waals surface area contributed by atoms with Crippen molar-refractivity contribution >= 4 is 71.9 Å². The SMILES string of the molecule is CCC(C)C(NC(=O)C(C)NC(=O)C(CCC(=O)O)NC(=O)C(N)CC(=O)O)C(=O)NC(Cc1cnc[nH]1)C(=O)NC(CS)C(=O)N1CCCC1C(=O)N1CCCC1C(=O)O. The molecular formula is C37H56N10O13S. The first-order valence-electron chi connectivity index (χ1n) is 19.9. The fourth-order valence-electron chi connectivity index (χ4n) is 6.97. The van der Waals surface area contributed by atoms with Crippen molar-refractivity contribution < 1.29 is 63.3 Å². The predicted octanol–water partition coefficient (Wildman–Crippen LogP) is -2.89. The molecule has 0 spiro atoms. The molecule has 2 saturated heterocycles. The number of aliphatic carboxylic acids is 3. The summed E-state index contributed by atoms with van der Waals surface area (Å²) in [6.07, 6.45) is 2.77. The van der Waals surface area contributed by atoms with E-state index < -0.39 is 133 Å². The third kappa shape index (κ3) is 14.2. The predicted molar refractivity (Wildman–Crippen MR) is 215 cm³/mol. The van der Waals surface area contributed by atoms with E-state index >= 15 is 0 Å². The molecule has 0 radical (unpaired) electrons. The average molecular weight is 881 g/mol. The number of thiol groups is 1. The summed E-state index contributed by atoms with van der Waals surface area (Å²) in [6.45, 7) is 5.08. The fourth-order valence-corrected chi connectivity index (χ4v) is 7.21. The van der Waals surface area contributed by atoms with Crippen LogP contribution in [0.1, 0.15) is 77.8 Å². The van der Waals surface area contributed by atoms with Crippen molar-refractivity contribution in [3.05, 3.63) is 18.2 Å². The Morgan fingerprint density at radius 2 is 1.41 bits per heavy atom. The minimum absolute atomic E-state index is 0.144. The number of carboxylic acids is 3. The Labute approximate surface area is 356 Å². The lowest BCUT2D eigenvalue weighted by Gasteiger charge is -2.32. The second-order valence-corrected chi connectivity index (χ2v) is 15.5. The molecule has 3 rings (SSSR count). The Morgan fingerprint density at radius 1 is 0.803 bits per heavy atom. The standard InChI is InChI=1S/C37H56N10O13S/c1-4-18(2)29(45-30(52)19(3)41-32(54)22(9-10-27(48)49)42-31(53)21(38)14-28(50)51)34(56)43-23(13-20-15-39-17-40-20)33(55)44-24(16-61)35(57)46-11-5-7-25(46)36(58)47-12-6-8-26(47)37(59)60/h15,17-19,21-26,29,61H,4-14,16,38H2,1-3H3,(H,39,40)(H,41,54)(H,42,53)(H,43,56)(H,44,55)(H,45,52)(H,48,49)(H,50,51)(H,59,60). The number of aromatic amines is 1. The Morgan fingerprint density at radius 3 is 1.98 bits per heavy atom. The number of rotatable bonds is 23. The molecule has 2 aliphatic rings. The van der Waals surface area contributed by atoms with E-state index in [4.69, 9.17) is 15.9 Å². The van der Waals surface area contributed by atoms with Gasteiger partial charge in [0.25, 0.3) is 0 Å². The maximum Gasteiger partial charge on any atom is 0.326 e. The highest BCUT2D eigenvalue weighted by atomic mass is 32.1. The zero-order valence-electron chi connectivity index (χ0n) is 34.1. The van der Waals surface area contributed by atoms with Gasteiger partial charge in [-0.3, -0.25) is 43.2 Å². The molecule has 0 bridgehead atoms. The highest BCUT2D eigenvalue weighted by Crippen LogP contribution is 2.26. The third-order valence-corrected chi connectivity index (χ3v) is 11.0. The number of hydrogen-bond donors (Lipinski definition) is 11. The molecule has 24 heteroatoms. The van der Waals surface area contributed by atoms with Crippen LogP contribution >= 0.6 is 12.6 Å². The lowest BCUT2D eigenvalue weighted by molar-refractivity contribution is -0.152. The summed E-state index contributed by atoms with van der Waals surface area (Å²) in [5, 5.41) is 40.1.